The van der Waals surface area contributed by atoms with Gasteiger partial charge in [-0.25, -0.2) is 8.78 Å². The lowest BCUT2D eigenvalue weighted by Crippen LogP contribution is -1.89. The molecule has 26 heavy (non-hydrogen) atoms. The summed E-state index contributed by atoms with van der Waals surface area (Å²) in [7, 11) is 0. The number of rotatable bonds is 4. The molecule has 4 heteroatoms. The summed E-state index contributed by atoms with van der Waals surface area (Å²) in [4.78, 5) is 0.998. The fourth-order valence-corrected chi connectivity index (χ4v) is 4.03. The maximum Gasteiger partial charge on any atom is 0.131 e. The van der Waals surface area contributed by atoms with Gasteiger partial charge in [0, 0.05) is 15.1 Å². The summed E-state index contributed by atoms with van der Waals surface area (Å²) in [6, 6.07) is 19.1. The van der Waals surface area contributed by atoms with Crippen LogP contribution in [0.4, 0.5) is 8.78 Å². The summed E-state index contributed by atoms with van der Waals surface area (Å²) < 4.78 is 34.3. The fraction of sp³-hybridized carbons (Fsp3) is 0.0909. The minimum atomic E-state index is -0.331. The molecule has 0 aliphatic carbocycles. The normalized spacial score (nSPS) is 11.0. The van der Waals surface area contributed by atoms with Gasteiger partial charge in [0.05, 0.1) is 6.61 Å². The van der Waals surface area contributed by atoms with Crippen molar-refractivity contribution in [3.05, 3.63) is 78.4 Å². The molecule has 1 aromatic heterocycles. The van der Waals surface area contributed by atoms with Gasteiger partial charge < -0.3 is 4.74 Å². The van der Waals surface area contributed by atoms with Gasteiger partial charge in [0.1, 0.15) is 17.4 Å². The molecule has 1 heterocycles. The Kier molecular flexibility index (Phi) is 4.43. The molecule has 0 amide bonds. The summed E-state index contributed by atoms with van der Waals surface area (Å²) in [5, 5.41) is 1.11. The Morgan fingerprint density at radius 2 is 1.62 bits per heavy atom. The Morgan fingerprint density at radius 1 is 0.846 bits per heavy atom. The van der Waals surface area contributed by atoms with Gasteiger partial charge >= 0.3 is 0 Å². The minimum absolute atomic E-state index is 0.318. The van der Waals surface area contributed by atoms with Crippen LogP contribution in [0.2, 0.25) is 0 Å². The van der Waals surface area contributed by atoms with Crippen LogP contribution in [0, 0.1) is 11.6 Å². The van der Waals surface area contributed by atoms with E-state index < -0.39 is 0 Å². The van der Waals surface area contributed by atoms with Crippen molar-refractivity contribution < 1.29 is 13.5 Å². The molecule has 3 aromatic carbocycles. The monoisotopic (exact) mass is 366 g/mol. The molecule has 130 valence electrons. The summed E-state index contributed by atoms with van der Waals surface area (Å²) in [6.07, 6.45) is 0. The molecule has 0 unspecified atom stereocenters. The van der Waals surface area contributed by atoms with Crippen LogP contribution in [0.1, 0.15) is 6.92 Å². The third kappa shape index (κ3) is 3.20. The topological polar surface area (TPSA) is 9.23 Å². The second-order valence-corrected chi connectivity index (χ2v) is 7.03. The third-order valence-electron chi connectivity index (χ3n) is 4.21. The van der Waals surface area contributed by atoms with Gasteiger partial charge in [-0.15, -0.1) is 11.3 Å². The Balaban J connectivity index is 1.70. The largest absolute Gasteiger partial charge is 0.494 e. The molecule has 0 saturated heterocycles. The Labute approximate surface area is 154 Å². The molecule has 1 nitrogen and oxygen atoms in total. The van der Waals surface area contributed by atoms with Gasteiger partial charge in [-0.2, -0.15) is 0 Å². The molecule has 0 N–H and O–H groups in total. The average molecular weight is 366 g/mol. The van der Waals surface area contributed by atoms with Gasteiger partial charge in [0.15, 0.2) is 0 Å². The maximum absolute atomic E-state index is 14.6. The Hall–Kier alpha value is -2.72. The molecule has 0 saturated carbocycles. The van der Waals surface area contributed by atoms with E-state index in [1.54, 1.807) is 29.5 Å². The van der Waals surface area contributed by atoms with Crippen LogP contribution in [-0.4, -0.2) is 6.61 Å². The second kappa shape index (κ2) is 6.89. The second-order valence-electron chi connectivity index (χ2n) is 5.94. The standard InChI is InChI=1S/C22H16F2OS/c1-2-25-18-9-5-16-12-21(26-22(16)13-18)15-6-10-19(20(24)11-15)14-3-7-17(23)8-4-14/h3-13H,2H2,1H3. The van der Waals surface area contributed by atoms with Gasteiger partial charge in [-0.1, -0.05) is 24.3 Å². The number of halogens is 2. The van der Waals surface area contributed by atoms with E-state index in [4.69, 9.17) is 4.74 Å². The van der Waals surface area contributed by atoms with E-state index in [-0.39, 0.29) is 11.6 Å². The molecule has 4 aromatic rings. The number of ether oxygens (including phenoxy) is 1. The lowest BCUT2D eigenvalue weighted by molar-refractivity contribution is 0.341. The van der Waals surface area contributed by atoms with E-state index in [0.717, 1.165) is 26.3 Å². The first-order valence-corrected chi connectivity index (χ1v) is 9.18. The third-order valence-corrected chi connectivity index (χ3v) is 5.36. The molecular formula is C22H16F2OS. The lowest BCUT2D eigenvalue weighted by Gasteiger charge is -2.05. The highest BCUT2D eigenvalue weighted by Gasteiger charge is 2.10. The summed E-state index contributed by atoms with van der Waals surface area (Å²) in [5.74, 6) is 0.190. The van der Waals surface area contributed by atoms with Crippen molar-refractivity contribution >= 4 is 21.4 Å². The van der Waals surface area contributed by atoms with Crippen LogP contribution in [0.5, 0.6) is 5.75 Å². The number of fused-ring (bicyclic) bond motifs is 1. The predicted octanol–water partition coefficient (Wildman–Crippen LogP) is 6.91. The van der Waals surface area contributed by atoms with Crippen molar-refractivity contribution in [2.75, 3.05) is 6.61 Å². The SMILES string of the molecule is CCOc1ccc2cc(-c3ccc(-c4ccc(F)cc4)c(F)c3)sc2c1. The average Bonchev–Trinajstić information content (AvgIpc) is 3.06. The molecule has 0 fully saturated rings. The van der Waals surface area contributed by atoms with E-state index in [1.165, 1.54) is 18.2 Å². The Morgan fingerprint density at radius 3 is 2.35 bits per heavy atom. The van der Waals surface area contributed by atoms with Crippen LogP contribution in [-0.2, 0) is 0 Å². The highest BCUT2D eigenvalue weighted by molar-refractivity contribution is 7.22. The summed E-state index contributed by atoms with van der Waals surface area (Å²) in [6.45, 7) is 2.58. The molecular weight excluding hydrogens is 350 g/mol. The van der Waals surface area contributed by atoms with Crippen LogP contribution >= 0.6 is 11.3 Å². The maximum atomic E-state index is 14.6. The van der Waals surface area contributed by atoms with Gasteiger partial charge in [-0.05, 0) is 65.9 Å². The van der Waals surface area contributed by atoms with Crippen LogP contribution in [0.25, 0.3) is 31.7 Å². The van der Waals surface area contributed by atoms with Crippen molar-refractivity contribution in [1.82, 2.24) is 0 Å². The number of hydrogen-bond acceptors (Lipinski definition) is 2. The van der Waals surface area contributed by atoms with E-state index in [0.29, 0.717) is 17.7 Å². The van der Waals surface area contributed by atoms with Crippen LogP contribution < -0.4 is 4.74 Å². The first kappa shape index (κ1) is 16.7. The minimum Gasteiger partial charge on any atom is -0.494 e. The van der Waals surface area contributed by atoms with E-state index in [2.05, 4.69) is 6.07 Å². The zero-order valence-electron chi connectivity index (χ0n) is 14.1. The highest BCUT2D eigenvalue weighted by atomic mass is 32.1. The van der Waals surface area contributed by atoms with Crippen molar-refractivity contribution in [1.29, 1.82) is 0 Å². The van der Waals surface area contributed by atoms with E-state index >= 15 is 0 Å². The molecule has 0 aliphatic rings. The number of benzene rings is 3. The number of hydrogen-bond donors (Lipinski definition) is 0. The number of thiophene rings is 1. The van der Waals surface area contributed by atoms with Crippen LogP contribution in [0.15, 0.2) is 66.7 Å². The molecule has 0 atom stereocenters. The van der Waals surface area contributed by atoms with E-state index in [1.807, 2.05) is 31.2 Å². The van der Waals surface area contributed by atoms with Gasteiger partial charge in [-0.3, -0.25) is 0 Å². The summed E-state index contributed by atoms with van der Waals surface area (Å²) >= 11 is 1.61. The van der Waals surface area contributed by atoms with Gasteiger partial charge in [0.2, 0.25) is 0 Å². The van der Waals surface area contributed by atoms with E-state index in [9.17, 15) is 8.78 Å². The van der Waals surface area contributed by atoms with Gasteiger partial charge in [0.25, 0.3) is 0 Å². The zero-order valence-corrected chi connectivity index (χ0v) is 14.9. The van der Waals surface area contributed by atoms with Crippen molar-refractivity contribution in [2.45, 2.75) is 6.92 Å². The Bertz CT molecular complexity index is 1070. The molecule has 0 spiro atoms. The molecule has 0 aliphatic heterocycles. The lowest BCUT2D eigenvalue weighted by atomic mass is 10.0. The quantitative estimate of drug-likeness (QED) is 0.381. The smallest absolute Gasteiger partial charge is 0.131 e. The first-order valence-electron chi connectivity index (χ1n) is 8.36. The highest BCUT2D eigenvalue weighted by Crippen LogP contribution is 2.37. The first-order chi connectivity index (χ1) is 12.6. The molecule has 4 rings (SSSR count). The van der Waals surface area contributed by atoms with Crippen molar-refractivity contribution in [2.24, 2.45) is 0 Å². The predicted molar refractivity (Wildman–Crippen MR) is 104 cm³/mol. The van der Waals surface area contributed by atoms with Crippen LogP contribution in [0.3, 0.4) is 0 Å². The summed E-state index contributed by atoms with van der Waals surface area (Å²) in [5.41, 5.74) is 1.95. The zero-order chi connectivity index (χ0) is 18.1. The molecule has 0 bridgehead atoms. The fourth-order valence-electron chi connectivity index (χ4n) is 2.94. The van der Waals surface area contributed by atoms with Crippen molar-refractivity contribution in [3.8, 4) is 27.3 Å². The van der Waals surface area contributed by atoms with Crippen molar-refractivity contribution in [3.63, 3.8) is 0 Å². The molecule has 0 radical (unpaired) electrons.